The van der Waals surface area contributed by atoms with Gasteiger partial charge in [0.2, 0.25) is 11.8 Å². The molecule has 0 aromatic heterocycles. The normalized spacial score (nSPS) is 16.8. The minimum Gasteiger partial charge on any atom is -0.493 e. The van der Waals surface area contributed by atoms with Crippen LogP contribution in [0.2, 0.25) is 0 Å². The Bertz CT molecular complexity index is 3190. The minimum atomic E-state index is -0.805. The fraction of sp³-hybridized carbons (Fsp3) is 0.422. The first-order valence-electron chi connectivity index (χ1n) is 28.2. The number of aryl methyl sites for hydroxylation is 1. The number of nitrogens with zero attached hydrogens (tertiary/aromatic N) is 5. The van der Waals surface area contributed by atoms with Gasteiger partial charge in [0.1, 0.15) is 24.7 Å². The summed E-state index contributed by atoms with van der Waals surface area (Å²) in [5.41, 5.74) is 9.46. The highest BCUT2D eigenvalue weighted by atomic mass is 16.5. The van der Waals surface area contributed by atoms with Crippen LogP contribution in [-0.2, 0) is 45.2 Å². The highest BCUT2D eigenvalue weighted by Gasteiger charge is 2.41. The second kappa shape index (κ2) is 25.4. The van der Waals surface area contributed by atoms with Crippen molar-refractivity contribution in [1.29, 1.82) is 0 Å². The third-order valence-electron chi connectivity index (χ3n) is 15.9. The van der Waals surface area contributed by atoms with Crippen LogP contribution in [0.1, 0.15) is 127 Å². The predicted molar refractivity (Wildman–Crippen MR) is 313 cm³/mol. The summed E-state index contributed by atoms with van der Waals surface area (Å²) in [6.07, 6.45) is 8.29. The number of hydrogen-bond acceptors (Lipinski definition) is 12. The minimum absolute atomic E-state index is 0.00262. The van der Waals surface area contributed by atoms with Crippen LogP contribution < -0.4 is 44.4 Å². The van der Waals surface area contributed by atoms with Crippen molar-refractivity contribution >= 4 is 69.8 Å². The molecule has 16 heteroatoms. The van der Waals surface area contributed by atoms with Gasteiger partial charge in [-0.15, -0.1) is 0 Å². The molecule has 0 fully saturated rings. The molecule has 0 bridgehead atoms. The van der Waals surface area contributed by atoms with Crippen LogP contribution in [0.5, 0.6) is 17.2 Å². The van der Waals surface area contributed by atoms with E-state index in [4.69, 9.17) is 14.2 Å². The number of hydrogen-bond donors (Lipinski definition) is 2. The molecule has 4 aliphatic rings. The van der Waals surface area contributed by atoms with Gasteiger partial charge >= 0.3 is 0 Å². The third kappa shape index (κ3) is 12.9. The lowest BCUT2D eigenvalue weighted by Crippen LogP contribution is -2.41. The van der Waals surface area contributed by atoms with Crippen LogP contribution in [0.25, 0.3) is 0 Å². The maximum Gasteiger partial charge on any atom is 0.260 e. The number of ketones is 2. The summed E-state index contributed by atoms with van der Waals surface area (Å²) in [6, 6.07) is 28.3. The van der Waals surface area contributed by atoms with Gasteiger partial charge in [0, 0.05) is 94.5 Å². The molecule has 9 rings (SSSR count). The number of nitrogens with one attached hydrogen (secondary N) is 2. The lowest BCUT2D eigenvalue weighted by atomic mass is 9.99. The molecule has 80 heavy (non-hydrogen) atoms. The molecule has 0 unspecified atom stereocenters. The van der Waals surface area contributed by atoms with E-state index in [-0.39, 0.29) is 73.3 Å². The summed E-state index contributed by atoms with van der Waals surface area (Å²) in [5.74, 6) is -0.204. The number of Topliss-reactive ketones (excluding diaryl/α,β-unsaturated/α-hetero) is 2. The molecule has 0 saturated carbocycles. The molecule has 0 radical (unpaired) electrons. The monoisotopic (exact) mass is 1090 g/mol. The number of methoxy groups -OCH3 is 1. The van der Waals surface area contributed by atoms with E-state index in [0.29, 0.717) is 78.4 Å². The van der Waals surface area contributed by atoms with E-state index in [9.17, 15) is 28.8 Å². The van der Waals surface area contributed by atoms with E-state index in [1.54, 1.807) is 33.2 Å². The molecule has 4 amide bonds. The van der Waals surface area contributed by atoms with Crippen molar-refractivity contribution in [3.8, 4) is 17.2 Å². The zero-order valence-electron chi connectivity index (χ0n) is 47.3. The van der Waals surface area contributed by atoms with Gasteiger partial charge in [0.05, 0.1) is 47.7 Å². The molecule has 0 spiro atoms. The first-order chi connectivity index (χ1) is 38.6. The van der Waals surface area contributed by atoms with Crippen LogP contribution in [-0.4, -0.2) is 100 Å². The Balaban J connectivity index is 0.883. The molecule has 4 atom stereocenters. The molecule has 0 aliphatic carbocycles. The number of rotatable bonds is 24. The van der Waals surface area contributed by atoms with E-state index in [0.717, 1.165) is 78.1 Å². The number of fused-ring (bicyclic) bond motifs is 8. The van der Waals surface area contributed by atoms with Gasteiger partial charge in [0.15, 0.2) is 17.3 Å². The van der Waals surface area contributed by atoms with Crippen LogP contribution >= 0.6 is 0 Å². The van der Waals surface area contributed by atoms with Crippen molar-refractivity contribution in [3.63, 3.8) is 0 Å². The maximum atomic E-state index is 14.3. The molecule has 420 valence electrons. The SMILES string of the molecule is CC=NCCCCCC(=O)CCCCC(=O)N[C@@H](C)C(=O)C[C@@H](C)C(=O)Nc1cc(COc2cc3c(cc2C)C(=O)N2c4ccccc4C[C@H]2CN3C)cc(COc2cc3c(cc2OC)C(=O)N2c4ccccc4C[C@H]2CN3C)c1. The van der Waals surface area contributed by atoms with E-state index in [2.05, 4.69) is 37.6 Å². The van der Waals surface area contributed by atoms with Crippen LogP contribution in [0, 0.1) is 12.8 Å². The van der Waals surface area contributed by atoms with Gasteiger partial charge in [-0.25, -0.2) is 0 Å². The van der Waals surface area contributed by atoms with E-state index >= 15 is 0 Å². The molecule has 5 aromatic carbocycles. The first-order valence-corrected chi connectivity index (χ1v) is 28.2. The summed E-state index contributed by atoms with van der Waals surface area (Å²) in [7, 11) is 5.52. The lowest BCUT2D eigenvalue weighted by Gasteiger charge is -2.25. The van der Waals surface area contributed by atoms with Crippen molar-refractivity contribution in [3.05, 3.63) is 130 Å². The molecule has 5 aromatic rings. The predicted octanol–water partition coefficient (Wildman–Crippen LogP) is 10.0. The number of aliphatic imine (C=N–C) groups is 1. The molecule has 2 N–H and O–H groups in total. The Morgan fingerprint density at radius 1 is 0.675 bits per heavy atom. The Hall–Kier alpha value is -8.01. The largest absolute Gasteiger partial charge is 0.493 e. The fourth-order valence-electron chi connectivity index (χ4n) is 11.6. The van der Waals surface area contributed by atoms with E-state index < -0.39 is 12.0 Å². The molecule has 0 saturated heterocycles. The van der Waals surface area contributed by atoms with Gasteiger partial charge in [-0.1, -0.05) is 49.7 Å². The quantitative estimate of drug-likeness (QED) is 0.0444. The topological polar surface area (TPSA) is 179 Å². The molecule has 16 nitrogen and oxygen atoms in total. The Morgan fingerprint density at radius 3 is 1.82 bits per heavy atom. The van der Waals surface area contributed by atoms with Crippen molar-refractivity contribution in [1.82, 2.24) is 5.32 Å². The van der Waals surface area contributed by atoms with Gasteiger partial charge in [0.25, 0.3) is 11.8 Å². The van der Waals surface area contributed by atoms with Crippen molar-refractivity contribution in [2.75, 3.05) is 65.8 Å². The number of likely N-dealkylation sites (N-methyl/N-ethyl adjacent to an activating group) is 2. The number of carbonyl (C=O) groups is 6. The van der Waals surface area contributed by atoms with E-state index in [1.807, 2.05) is 111 Å². The fourth-order valence-corrected chi connectivity index (χ4v) is 11.6. The van der Waals surface area contributed by atoms with Crippen molar-refractivity contribution in [2.24, 2.45) is 10.9 Å². The Labute approximate surface area is 469 Å². The second-order valence-electron chi connectivity index (χ2n) is 21.9. The molecule has 4 aliphatic heterocycles. The second-order valence-corrected chi connectivity index (χ2v) is 21.9. The number of ether oxygens (including phenoxy) is 3. The summed E-state index contributed by atoms with van der Waals surface area (Å²) in [6.45, 7) is 9.32. The highest BCUT2D eigenvalue weighted by molar-refractivity contribution is 6.13. The molecule has 4 heterocycles. The van der Waals surface area contributed by atoms with Gasteiger partial charge in [-0.05, 0) is 136 Å². The standard InChI is InChI=1S/C64H75N7O9/c1-8-65-25-17-9-10-20-50(72)21-13-16-24-61(74)66-42(4)57(73)27-41(3)62(75)67-47-29-43(38-79-58-34-55-51(26-40(58)2)63(76)70-48(36-68(55)5)31-45-18-11-14-22-53(45)70)28-44(30-47)39-80-60-35-56-52(33-59(60)78-7)64(77)71-49(37-69(56)6)32-46-19-12-15-23-54(46)71/h8,11-12,14-15,18-19,22-23,26,28-30,33-35,41-42,48-49H,9-10,13,16-17,20-21,24-25,27,31-32,36-39H2,1-7H3,(H,66,74)(H,67,75)/t41-,42+,48+,49+/m1/s1. The highest BCUT2D eigenvalue weighted by Crippen LogP contribution is 2.43. The molecular weight excluding hydrogens is 1010 g/mol. The van der Waals surface area contributed by atoms with Crippen LogP contribution in [0.15, 0.2) is 96.0 Å². The number of carbonyl (C=O) groups excluding carboxylic acids is 6. The van der Waals surface area contributed by atoms with Crippen molar-refractivity contribution < 1.29 is 43.0 Å². The maximum absolute atomic E-state index is 14.3. The summed E-state index contributed by atoms with van der Waals surface area (Å²) < 4.78 is 19.0. The smallest absolute Gasteiger partial charge is 0.260 e. The lowest BCUT2D eigenvalue weighted by molar-refractivity contribution is -0.129. The Morgan fingerprint density at radius 2 is 1.23 bits per heavy atom. The van der Waals surface area contributed by atoms with E-state index in [1.165, 1.54) is 5.56 Å². The zero-order chi connectivity index (χ0) is 56.6. The number of anilines is 5. The van der Waals surface area contributed by atoms with Gasteiger partial charge in [-0.3, -0.25) is 33.8 Å². The van der Waals surface area contributed by atoms with Gasteiger partial charge in [-0.2, -0.15) is 0 Å². The van der Waals surface area contributed by atoms with Gasteiger partial charge < -0.3 is 44.4 Å². The first kappa shape index (κ1) is 56.7. The number of para-hydroxylation sites is 2. The number of benzene rings is 5. The van der Waals surface area contributed by atoms with Crippen LogP contribution in [0.3, 0.4) is 0 Å². The van der Waals surface area contributed by atoms with Crippen LogP contribution in [0.4, 0.5) is 28.4 Å². The summed E-state index contributed by atoms with van der Waals surface area (Å²) >= 11 is 0. The Kier molecular flexibility index (Phi) is 18.0. The third-order valence-corrected chi connectivity index (χ3v) is 15.9. The average molecular weight is 1090 g/mol. The summed E-state index contributed by atoms with van der Waals surface area (Å²) in [5, 5.41) is 5.81. The molecular formula is C64H75N7O9. The number of amides is 4. The number of unbranched alkanes of at least 4 members (excludes halogenated alkanes) is 3. The summed E-state index contributed by atoms with van der Waals surface area (Å²) in [4.78, 5) is 93.4. The average Bonchev–Trinajstić information content (AvgIpc) is 4.17. The van der Waals surface area contributed by atoms with Crippen molar-refractivity contribution in [2.45, 2.75) is 130 Å². The zero-order valence-corrected chi connectivity index (χ0v) is 47.3.